The molecule has 0 unspecified atom stereocenters. The number of ketones is 1. The molecular weight excluding hydrogens is 349 g/mol. The maximum absolute atomic E-state index is 12.9. The number of carbonyl (C=O) groups is 2. The van der Waals surface area contributed by atoms with Crippen molar-refractivity contribution >= 4 is 11.7 Å². The van der Waals surface area contributed by atoms with Crippen molar-refractivity contribution in [3.63, 3.8) is 0 Å². The SMILES string of the molecule is COc1ccc(CCN(C)C(=O)CCC(=O)c2ccc(F)cc2)cc1OC. The van der Waals surface area contributed by atoms with Gasteiger partial charge in [0.1, 0.15) is 5.82 Å². The van der Waals surface area contributed by atoms with Crippen LogP contribution in [0.15, 0.2) is 42.5 Å². The van der Waals surface area contributed by atoms with E-state index < -0.39 is 5.82 Å². The van der Waals surface area contributed by atoms with Gasteiger partial charge in [-0.1, -0.05) is 6.07 Å². The van der Waals surface area contributed by atoms with Crippen molar-refractivity contribution in [2.45, 2.75) is 19.3 Å². The van der Waals surface area contributed by atoms with E-state index in [1.54, 1.807) is 26.2 Å². The lowest BCUT2D eigenvalue weighted by atomic mass is 10.1. The Morgan fingerprint density at radius 1 is 0.963 bits per heavy atom. The van der Waals surface area contributed by atoms with Crippen LogP contribution in [0.25, 0.3) is 0 Å². The van der Waals surface area contributed by atoms with Crippen molar-refractivity contribution < 1.29 is 23.5 Å². The summed E-state index contributed by atoms with van der Waals surface area (Å²) in [7, 11) is 4.87. The largest absolute Gasteiger partial charge is 0.493 e. The first-order chi connectivity index (χ1) is 12.9. The van der Waals surface area contributed by atoms with Gasteiger partial charge in [-0.25, -0.2) is 4.39 Å². The summed E-state index contributed by atoms with van der Waals surface area (Å²) in [6.07, 6.45) is 0.887. The second kappa shape index (κ2) is 9.71. The van der Waals surface area contributed by atoms with E-state index in [0.29, 0.717) is 30.0 Å². The molecule has 2 aromatic rings. The van der Waals surface area contributed by atoms with Crippen LogP contribution >= 0.6 is 0 Å². The summed E-state index contributed by atoms with van der Waals surface area (Å²) in [4.78, 5) is 25.9. The molecule has 0 spiro atoms. The number of Topliss-reactive ketones (excluding diaryl/α,β-unsaturated/α-hetero) is 1. The van der Waals surface area contributed by atoms with Crippen LogP contribution in [0.1, 0.15) is 28.8 Å². The van der Waals surface area contributed by atoms with Crippen molar-refractivity contribution in [3.8, 4) is 11.5 Å². The summed E-state index contributed by atoms with van der Waals surface area (Å²) in [5.41, 5.74) is 1.44. The van der Waals surface area contributed by atoms with E-state index in [0.717, 1.165) is 5.56 Å². The molecule has 0 atom stereocenters. The first-order valence-electron chi connectivity index (χ1n) is 8.68. The van der Waals surface area contributed by atoms with E-state index in [4.69, 9.17) is 9.47 Å². The molecule has 27 heavy (non-hydrogen) atoms. The average Bonchev–Trinajstić information content (AvgIpc) is 2.70. The highest BCUT2D eigenvalue weighted by atomic mass is 19.1. The van der Waals surface area contributed by atoms with Gasteiger partial charge in [0.25, 0.3) is 0 Å². The number of carbonyl (C=O) groups excluding carboxylic acids is 2. The second-order valence-corrected chi connectivity index (χ2v) is 6.18. The first kappa shape index (κ1) is 20.4. The Morgan fingerprint density at radius 3 is 2.26 bits per heavy atom. The maximum Gasteiger partial charge on any atom is 0.222 e. The molecule has 2 aromatic carbocycles. The van der Waals surface area contributed by atoms with Gasteiger partial charge in [0.05, 0.1) is 14.2 Å². The molecule has 0 aliphatic carbocycles. The van der Waals surface area contributed by atoms with E-state index in [2.05, 4.69) is 0 Å². The van der Waals surface area contributed by atoms with Gasteiger partial charge in [-0.3, -0.25) is 9.59 Å². The summed E-state index contributed by atoms with van der Waals surface area (Å²) in [6.45, 7) is 0.527. The molecule has 0 aliphatic heterocycles. The molecule has 0 saturated carbocycles. The lowest BCUT2D eigenvalue weighted by Crippen LogP contribution is -2.29. The van der Waals surface area contributed by atoms with E-state index in [-0.39, 0.29) is 24.5 Å². The topological polar surface area (TPSA) is 55.8 Å². The fourth-order valence-corrected chi connectivity index (χ4v) is 2.65. The predicted octanol–water partition coefficient (Wildman–Crippen LogP) is 3.51. The number of nitrogens with zero attached hydrogens (tertiary/aromatic N) is 1. The molecule has 2 rings (SSSR count). The van der Waals surface area contributed by atoms with Gasteiger partial charge in [0.2, 0.25) is 5.91 Å². The highest BCUT2D eigenvalue weighted by molar-refractivity contribution is 5.97. The highest BCUT2D eigenvalue weighted by Crippen LogP contribution is 2.27. The Bertz CT molecular complexity index is 789. The second-order valence-electron chi connectivity index (χ2n) is 6.18. The third kappa shape index (κ3) is 5.81. The Labute approximate surface area is 158 Å². The predicted molar refractivity (Wildman–Crippen MR) is 101 cm³/mol. The highest BCUT2D eigenvalue weighted by Gasteiger charge is 2.13. The van der Waals surface area contributed by atoms with Crippen LogP contribution in [-0.2, 0) is 11.2 Å². The van der Waals surface area contributed by atoms with Crippen LogP contribution in [0.3, 0.4) is 0 Å². The number of hydrogen-bond acceptors (Lipinski definition) is 4. The third-order valence-corrected chi connectivity index (χ3v) is 4.34. The molecule has 1 amide bonds. The zero-order valence-corrected chi connectivity index (χ0v) is 15.8. The molecule has 144 valence electrons. The Balaban J connectivity index is 1.83. The molecule has 6 heteroatoms. The Hall–Kier alpha value is -2.89. The van der Waals surface area contributed by atoms with Gasteiger partial charge < -0.3 is 14.4 Å². The number of halogens is 1. The summed E-state index contributed by atoms with van der Waals surface area (Å²) < 4.78 is 23.4. The van der Waals surface area contributed by atoms with Crippen molar-refractivity contribution in [2.75, 3.05) is 27.8 Å². The molecule has 0 fully saturated rings. The van der Waals surface area contributed by atoms with Crippen LogP contribution in [0.5, 0.6) is 11.5 Å². The van der Waals surface area contributed by atoms with E-state index >= 15 is 0 Å². The van der Waals surface area contributed by atoms with Crippen molar-refractivity contribution in [2.24, 2.45) is 0 Å². The monoisotopic (exact) mass is 373 g/mol. The molecule has 0 bridgehead atoms. The molecule has 5 nitrogen and oxygen atoms in total. The van der Waals surface area contributed by atoms with Gasteiger partial charge in [-0.15, -0.1) is 0 Å². The van der Waals surface area contributed by atoms with Gasteiger partial charge in [-0.05, 0) is 48.4 Å². The minimum atomic E-state index is -0.391. The van der Waals surface area contributed by atoms with Crippen LogP contribution in [0.2, 0.25) is 0 Å². The number of ether oxygens (including phenoxy) is 2. The molecule has 0 saturated heterocycles. The van der Waals surface area contributed by atoms with Gasteiger partial charge in [0, 0.05) is 32.0 Å². The molecule has 0 heterocycles. The zero-order chi connectivity index (χ0) is 19.8. The van der Waals surface area contributed by atoms with Crippen LogP contribution in [0, 0.1) is 5.82 Å². The van der Waals surface area contributed by atoms with E-state index in [1.165, 1.54) is 24.3 Å². The minimum absolute atomic E-state index is 0.102. The zero-order valence-electron chi connectivity index (χ0n) is 15.8. The van der Waals surface area contributed by atoms with Crippen LogP contribution in [-0.4, -0.2) is 44.4 Å². The Kier molecular flexibility index (Phi) is 7.34. The van der Waals surface area contributed by atoms with Crippen LogP contribution in [0.4, 0.5) is 4.39 Å². The summed E-state index contributed by atoms with van der Waals surface area (Å²) in [5, 5.41) is 0. The number of hydrogen-bond donors (Lipinski definition) is 0. The first-order valence-corrected chi connectivity index (χ1v) is 8.68. The normalized spacial score (nSPS) is 10.4. The number of methoxy groups -OCH3 is 2. The maximum atomic E-state index is 12.9. The van der Waals surface area contributed by atoms with Crippen molar-refractivity contribution in [3.05, 3.63) is 59.4 Å². The van der Waals surface area contributed by atoms with E-state index in [1.807, 2.05) is 18.2 Å². The molecule has 0 N–H and O–H groups in total. The van der Waals surface area contributed by atoms with Gasteiger partial charge in [0.15, 0.2) is 17.3 Å². The average molecular weight is 373 g/mol. The molecule has 0 radical (unpaired) electrons. The standard InChI is InChI=1S/C21H24FNO4/c1-23(13-12-15-4-10-19(26-2)20(14-15)27-3)21(25)11-9-18(24)16-5-7-17(22)8-6-16/h4-8,10,14H,9,11-13H2,1-3H3. The summed E-state index contributed by atoms with van der Waals surface area (Å²) >= 11 is 0. The van der Waals surface area contributed by atoms with Crippen molar-refractivity contribution in [1.29, 1.82) is 0 Å². The van der Waals surface area contributed by atoms with Crippen molar-refractivity contribution in [1.82, 2.24) is 4.90 Å². The third-order valence-electron chi connectivity index (χ3n) is 4.34. The fourth-order valence-electron chi connectivity index (χ4n) is 2.65. The van der Waals surface area contributed by atoms with E-state index in [9.17, 15) is 14.0 Å². The smallest absolute Gasteiger partial charge is 0.222 e. The number of likely N-dealkylation sites (N-methyl/N-ethyl adjacent to an activating group) is 1. The quantitative estimate of drug-likeness (QED) is 0.631. The van der Waals surface area contributed by atoms with Gasteiger partial charge >= 0.3 is 0 Å². The molecular formula is C21H24FNO4. The number of benzene rings is 2. The van der Waals surface area contributed by atoms with Gasteiger partial charge in [-0.2, -0.15) is 0 Å². The number of rotatable bonds is 9. The Morgan fingerprint density at radius 2 is 1.63 bits per heavy atom. The summed E-state index contributed by atoms with van der Waals surface area (Å²) in [6, 6.07) is 11.0. The van der Waals surface area contributed by atoms with Crippen LogP contribution < -0.4 is 9.47 Å². The number of amides is 1. The minimum Gasteiger partial charge on any atom is -0.493 e. The fraction of sp³-hybridized carbons (Fsp3) is 0.333. The summed E-state index contributed by atoms with van der Waals surface area (Å²) in [5.74, 6) is 0.638. The lowest BCUT2D eigenvalue weighted by molar-refractivity contribution is -0.129. The lowest BCUT2D eigenvalue weighted by Gasteiger charge is -2.17. The molecule has 0 aliphatic rings. The molecule has 0 aromatic heterocycles.